The molecule has 0 aliphatic carbocycles. The van der Waals surface area contributed by atoms with E-state index in [2.05, 4.69) is 4.99 Å². The standard InChI is InChI=1S/C6H15N5/c1-10(2)5(7)9-6(8)11(3)4/h1-4H3,(H3,7,8,9)/p+1. The van der Waals surface area contributed by atoms with E-state index in [9.17, 15) is 0 Å². The van der Waals surface area contributed by atoms with Gasteiger partial charge in [-0.3, -0.25) is 10.3 Å². The van der Waals surface area contributed by atoms with Crippen molar-refractivity contribution < 1.29 is 4.58 Å². The summed E-state index contributed by atoms with van der Waals surface area (Å²) in [6.07, 6.45) is 0. The highest BCUT2D eigenvalue weighted by Gasteiger charge is 2.03. The Kier molecular flexibility index (Phi) is 3.36. The van der Waals surface area contributed by atoms with Crippen molar-refractivity contribution in [3.8, 4) is 0 Å². The second-order valence-electron chi connectivity index (χ2n) is 2.62. The van der Waals surface area contributed by atoms with E-state index >= 15 is 0 Å². The first-order valence-corrected chi connectivity index (χ1v) is 3.26. The van der Waals surface area contributed by atoms with E-state index in [1.54, 1.807) is 9.48 Å². The van der Waals surface area contributed by atoms with E-state index in [0.717, 1.165) is 0 Å². The third-order valence-electron chi connectivity index (χ3n) is 1.15. The van der Waals surface area contributed by atoms with E-state index in [0.29, 0.717) is 11.9 Å². The van der Waals surface area contributed by atoms with Gasteiger partial charge in [0.15, 0.2) is 0 Å². The quantitative estimate of drug-likeness (QED) is 0.255. The molecule has 64 valence electrons. The molecule has 0 aromatic rings. The number of rotatable bonds is 0. The van der Waals surface area contributed by atoms with E-state index < -0.39 is 0 Å². The van der Waals surface area contributed by atoms with Crippen LogP contribution in [0.4, 0.5) is 0 Å². The fraction of sp³-hybridized carbons (Fsp3) is 0.667. The predicted molar refractivity (Wildman–Crippen MR) is 46.6 cm³/mol. The molecule has 4 N–H and O–H groups in total. The van der Waals surface area contributed by atoms with Crippen LogP contribution in [-0.4, -0.2) is 49.6 Å². The molecule has 0 aromatic heterocycles. The van der Waals surface area contributed by atoms with Gasteiger partial charge in [-0.05, 0) is 4.99 Å². The summed E-state index contributed by atoms with van der Waals surface area (Å²) in [7, 11) is 7.23. The fourth-order valence-corrected chi connectivity index (χ4v) is 0.317. The van der Waals surface area contributed by atoms with Gasteiger partial charge in [0.2, 0.25) is 0 Å². The normalized spacial score (nSPS) is 11.1. The molecule has 11 heavy (non-hydrogen) atoms. The number of hydrogen-bond donors (Lipinski definition) is 2. The zero-order valence-electron chi connectivity index (χ0n) is 7.50. The van der Waals surface area contributed by atoms with Gasteiger partial charge in [-0.25, -0.2) is 0 Å². The third-order valence-corrected chi connectivity index (χ3v) is 1.15. The van der Waals surface area contributed by atoms with E-state index in [1.165, 1.54) is 0 Å². The Hall–Kier alpha value is -1.26. The first-order chi connectivity index (χ1) is 4.95. The minimum Gasteiger partial charge on any atom is -0.355 e. The van der Waals surface area contributed by atoms with Crippen LogP contribution >= 0.6 is 0 Å². The summed E-state index contributed by atoms with van der Waals surface area (Å²) in [5.74, 6) is 0.799. The molecule has 0 fully saturated rings. The van der Waals surface area contributed by atoms with Gasteiger partial charge >= 0.3 is 5.96 Å². The smallest absolute Gasteiger partial charge is 0.355 e. The zero-order chi connectivity index (χ0) is 9.02. The molecule has 0 rings (SSSR count). The minimum absolute atomic E-state index is 0.399. The van der Waals surface area contributed by atoms with Crippen molar-refractivity contribution in [1.82, 2.24) is 4.90 Å². The van der Waals surface area contributed by atoms with E-state index in [4.69, 9.17) is 11.5 Å². The highest BCUT2D eigenvalue weighted by molar-refractivity contribution is 5.90. The SMILES string of the molecule is CN(C)/C(N)=N\C(N)=[N+](C)C. The Morgan fingerprint density at radius 3 is 2.00 bits per heavy atom. The average Bonchev–Trinajstić information content (AvgIpc) is 1.87. The van der Waals surface area contributed by atoms with Gasteiger partial charge in [-0.15, -0.1) is 0 Å². The van der Waals surface area contributed by atoms with Crippen LogP contribution in [0.3, 0.4) is 0 Å². The summed E-state index contributed by atoms with van der Waals surface area (Å²) < 4.78 is 1.69. The topological polar surface area (TPSA) is 70.7 Å². The molecule has 0 saturated heterocycles. The van der Waals surface area contributed by atoms with Crippen molar-refractivity contribution in [2.45, 2.75) is 0 Å². The van der Waals surface area contributed by atoms with Gasteiger partial charge < -0.3 is 10.6 Å². The van der Waals surface area contributed by atoms with Crippen LogP contribution in [0.5, 0.6) is 0 Å². The van der Waals surface area contributed by atoms with Crippen molar-refractivity contribution in [1.29, 1.82) is 0 Å². The monoisotopic (exact) mass is 158 g/mol. The van der Waals surface area contributed by atoms with Gasteiger partial charge in [0.25, 0.3) is 5.96 Å². The molecular formula is C6H16N5+. The zero-order valence-corrected chi connectivity index (χ0v) is 7.50. The molecule has 0 aliphatic rings. The Bertz CT molecular complexity index is 187. The van der Waals surface area contributed by atoms with Gasteiger partial charge in [0.05, 0.1) is 14.1 Å². The van der Waals surface area contributed by atoms with E-state index in [1.807, 2.05) is 28.2 Å². The van der Waals surface area contributed by atoms with Crippen molar-refractivity contribution in [2.24, 2.45) is 16.5 Å². The fourth-order valence-electron chi connectivity index (χ4n) is 0.317. The lowest BCUT2D eigenvalue weighted by atomic mass is 10.8. The molecule has 0 aliphatic heterocycles. The number of hydrogen-bond acceptors (Lipinski definition) is 0. The van der Waals surface area contributed by atoms with Crippen molar-refractivity contribution in [3.05, 3.63) is 0 Å². The Balaban J connectivity index is 4.44. The van der Waals surface area contributed by atoms with Crippen molar-refractivity contribution in [3.63, 3.8) is 0 Å². The summed E-state index contributed by atoms with van der Waals surface area (Å²) in [6.45, 7) is 0. The lowest BCUT2D eigenvalue weighted by Gasteiger charge is -2.05. The number of nitrogens with two attached hydrogens (primary N) is 2. The number of guanidine groups is 2. The lowest BCUT2D eigenvalue weighted by Crippen LogP contribution is -2.34. The molecule has 5 heteroatoms. The van der Waals surface area contributed by atoms with Gasteiger partial charge in [-0.2, -0.15) is 0 Å². The minimum atomic E-state index is 0.399. The van der Waals surface area contributed by atoms with Gasteiger partial charge in [0.1, 0.15) is 0 Å². The molecule has 0 unspecified atom stereocenters. The summed E-state index contributed by atoms with van der Waals surface area (Å²) in [5, 5.41) is 0. The molecule has 0 heterocycles. The van der Waals surface area contributed by atoms with Crippen molar-refractivity contribution >= 4 is 11.9 Å². The average molecular weight is 158 g/mol. The lowest BCUT2D eigenvalue weighted by molar-refractivity contribution is -0.466. The predicted octanol–water partition coefficient (Wildman–Crippen LogP) is -1.55. The number of aliphatic imine (C=N–C) groups is 1. The molecule has 0 bridgehead atoms. The van der Waals surface area contributed by atoms with Crippen molar-refractivity contribution in [2.75, 3.05) is 28.2 Å². The molecule has 0 atom stereocenters. The molecule has 5 nitrogen and oxygen atoms in total. The van der Waals surface area contributed by atoms with Crippen LogP contribution in [0.2, 0.25) is 0 Å². The second-order valence-corrected chi connectivity index (χ2v) is 2.62. The largest absolute Gasteiger partial charge is 0.387 e. The van der Waals surface area contributed by atoms with Crippen LogP contribution < -0.4 is 11.5 Å². The Morgan fingerprint density at radius 1 is 1.27 bits per heavy atom. The summed E-state index contributed by atoms with van der Waals surface area (Å²) in [4.78, 5) is 5.61. The molecule has 0 spiro atoms. The Labute approximate surface area is 67.0 Å². The summed E-state index contributed by atoms with van der Waals surface area (Å²) in [5.41, 5.74) is 11.0. The number of nitrogens with zero attached hydrogens (tertiary/aromatic N) is 3. The molecular weight excluding hydrogens is 142 g/mol. The van der Waals surface area contributed by atoms with Crippen LogP contribution in [0.25, 0.3) is 0 Å². The first-order valence-electron chi connectivity index (χ1n) is 3.26. The van der Waals surface area contributed by atoms with Gasteiger partial charge in [-0.1, -0.05) is 0 Å². The van der Waals surface area contributed by atoms with Crippen LogP contribution in [0.15, 0.2) is 4.99 Å². The Morgan fingerprint density at radius 2 is 1.73 bits per heavy atom. The summed E-state index contributed by atoms with van der Waals surface area (Å²) >= 11 is 0. The first kappa shape index (κ1) is 9.74. The third kappa shape index (κ3) is 3.44. The molecule has 0 amide bonds. The maximum atomic E-state index is 5.50. The summed E-state index contributed by atoms with van der Waals surface area (Å²) in [6, 6.07) is 0. The second kappa shape index (κ2) is 3.80. The highest BCUT2D eigenvalue weighted by Crippen LogP contribution is 1.75. The molecule has 0 saturated carbocycles. The van der Waals surface area contributed by atoms with Crippen LogP contribution in [0.1, 0.15) is 0 Å². The van der Waals surface area contributed by atoms with Gasteiger partial charge in [0, 0.05) is 14.1 Å². The maximum absolute atomic E-state index is 5.50. The molecule has 0 radical (unpaired) electrons. The highest BCUT2D eigenvalue weighted by atomic mass is 15.2. The van der Waals surface area contributed by atoms with E-state index in [-0.39, 0.29) is 0 Å². The van der Waals surface area contributed by atoms with Crippen LogP contribution in [-0.2, 0) is 0 Å². The maximum Gasteiger partial charge on any atom is 0.387 e. The van der Waals surface area contributed by atoms with Crippen LogP contribution in [0, 0.1) is 0 Å². The molecule has 0 aromatic carbocycles.